The fraction of sp³-hybridized carbons (Fsp3) is 0.500. The number of amides is 1. The van der Waals surface area contributed by atoms with Gasteiger partial charge in [-0.05, 0) is 37.6 Å². The Morgan fingerprint density at radius 3 is 2.95 bits per heavy atom. The average molecular weight is 347 g/mol. The summed E-state index contributed by atoms with van der Waals surface area (Å²) in [5, 5.41) is 0. The second-order valence-corrected chi connectivity index (χ2v) is 6.10. The van der Waals surface area contributed by atoms with Gasteiger partial charge in [0.1, 0.15) is 0 Å². The lowest BCUT2D eigenvalue weighted by Crippen LogP contribution is -2.51. The smallest absolute Gasteiger partial charge is 0.254 e. The van der Waals surface area contributed by atoms with Crippen LogP contribution in [0, 0.1) is 6.92 Å². The fourth-order valence-corrected chi connectivity index (χ4v) is 2.88. The van der Waals surface area contributed by atoms with E-state index in [0.29, 0.717) is 19.0 Å². The average Bonchev–Trinajstić information content (AvgIpc) is 2.38. The number of carbonyl (C=O) groups excluding carboxylic acids is 1. The summed E-state index contributed by atoms with van der Waals surface area (Å²) in [5.74, 6) is 0.464. The SMILES string of the molecule is Cc1cc(Br)ccc1C(=O)N1CC(CCl)OCC1C. The summed E-state index contributed by atoms with van der Waals surface area (Å²) in [7, 11) is 0. The van der Waals surface area contributed by atoms with Gasteiger partial charge in [-0.1, -0.05) is 15.9 Å². The predicted octanol–water partition coefficient (Wildman–Crippen LogP) is 3.23. The normalized spacial score (nSPS) is 23.5. The molecule has 1 aliphatic heterocycles. The van der Waals surface area contributed by atoms with Crippen LogP contribution >= 0.6 is 27.5 Å². The van der Waals surface area contributed by atoms with E-state index in [4.69, 9.17) is 16.3 Å². The molecule has 0 spiro atoms. The Labute approximate surface area is 127 Å². The van der Waals surface area contributed by atoms with Crippen molar-refractivity contribution in [3.63, 3.8) is 0 Å². The van der Waals surface area contributed by atoms with Crippen LogP contribution in [-0.4, -0.2) is 42.0 Å². The number of nitrogens with zero attached hydrogens (tertiary/aromatic N) is 1. The summed E-state index contributed by atoms with van der Waals surface area (Å²) in [6.45, 7) is 5.04. The lowest BCUT2D eigenvalue weighted by molar-refractivity contribution is -0.0372. The van der Waals surface area contributed by atoms with Crippen molar-refractivity contribution < 1.29 is 9.53 Å². The highest BCUT2D eigenvalue weighted by atomic mass is 79.9. The number of carbonyl (C=O) groups is 1. The van der Waals surface area contributed by atoms with Crippen molar-refractivity contribution in [3.05, 3.63) is 33.8 Å². The molecule has 0 bridgehead atoms. The molecule has 104 valence electrons. The van der Waals surface area contributed by atoms with Crippen molar-refractivity contribution in [1.82, 2.24) is 4.90 Å². The number of hydrogen-bond acceptors (Lipinski definition) is 2. The monoisotopic (exact) mass is 345 g/mol. The maximum atomic E-state index is 12.6. The molecule has 0 aliphatic carbocycles. The summed E-state index contributed by atoms with van der Waals surface area (Å²) in [6.07, 6.45) is -0.0717. The zero-order chi connectivity index (χ0) is 14.0. The molecule has 1 aromatic carbocycles. The zero-order valence-electron chi connectivity index (χ0n) is 11.0. The van der Waals surface area contributed by atoms with Crippen molar-refractivity contribution in [2.75, 3.05) is 19.0 Å². The topological polar surface area (TPSA) is 29.5 Å². The van der Waals surface area contributed by atoms with Crippen molar-refractivity contribution in [1.29, 1.82) is 0 Å². The Hall–Kier alpha value is -0.580. The number of ether oxygens (including phenoxy) is 1. The number of morpholine rings is 1. The number of alkyl halides is 1. The molecule has 2 unspecified atom stereocenters. The lowest BCUT2D eigenvalue weighted by Gasteiger charge is -2.37. The minimum Gasteiger partial charge on any atom is -0.373 e. The summed E-state index contributed by atoms with van der Waals surface area (Å²) in [4.78, 5) is 14.5. The van der Waals surface area contributed by atoms with Gasteiger partial charge in [-0.3, -0.25) is 4.79 Å². The van der Waals surface area contributed by atoms with Crippen molar-refractivity contribution in [3.8, 4) is 0 Å². The molecule has 5 heteroatoms. The van der Waals surface area contributed by atoms with E-state index < -0.39 is 0 Å². The Balaban J connectivity index is 2.22. The predicted molar refractivity (Wildman–Crippen MR) is 79.8 cm³/mol. The number of benzene rings is 1. The molecule has 0 aromatic heterocycles. The van der Waals surface area contributed by atoms with Gasteiger partial charge in [-0.15, -0.1) is 11.6 Å². The van der Waals surface area contributed by atoms with Gasteiger partial charge in [-0.2, -0.15) is 0 Å². The first kappa shape index (κ1) is 14.8. The van der Waals surface area contributed by atoms with Gasteiger partial charge in [0.05, 0.1) is 24.6 Å². The van der Waals surface area contributed by atoms with Gasteiger partial charge >= 0.3 is 0 Å². The number of aryl methyl sites for hydroxylation is 1. The van der Waals surface area contributed by atoms with Crippen LogP contribution in [0.1, 0.15) is 22.8 Å². The third kappa shape index (κ3) is 3.30. The Bertz CT molecular complexity index is 481. The van der Waals surface area contributed by atoms with Gasteiger partial charge in [0.25, 0.3) is 5.91 Å². The minimum absolute atomic E-state index is 0.0518. The Morgan fingerprint density at radius 1 is 1.58 bits per heavy atom. The Kier molecular flexibility index (Phi) is 4.87. The first-order valence-electron chi connectivity index (χ1n) is 6.27. The van der Waals surface area contributed by atoms with Crippen molar-refractivity contribution in [2.24, 2.45) is 0 Å². The molecular formula is C14H17BrClNO2. The minimum atomic E-state index is -0.0717. The molecule has 0 radical (unpaired) electrons. The molecule has 1 saturated heterocycles. The standard InChI is InChI=1S/C14H17BrClNO2/c1-9-5-11(15)3-4-13(9)14(18)17-7-12(6-16)19-8-10(17)2/h3-5,10,12H,6-8H2,1-2H3. The molecular weight excluding hydrogens is 330 g/mol. The maximum Gasteiger partial charge on any atom is 0.254 e. The molecule has 0 N–H and O–H groups in total. The number of rotatable bonds is 2. The second kappa shape index (κ2) is 6.25. The van der Waals surface area contributed by atoms with Crippen molar-refractivity contribution >= 4 is 33.4 Å². The van der Waals surface area contributed by atoms with Crippen LogP contribution < -0.4 is 0 Å². The van der Waals surface area contributed by atoms with Crippen LogP contribution in [0.5, 0.6) is 0 Å². The third-order valence-corrected chi connectivity index (χ3v) is 4.19. The molecule has 1 fully saturated rings. The van der Waals surface area contributed by atoms with E-state index in [1.165, 1.54) is 0 Å². The van der Waals surface area contributed by atoms with Gasteiger partial charge in [0.15, 0.2) is 0 Å². The molecule has 2 atom stereocenters. The van der Waals surface area contributed by atoms with Crippen LogP contribution in [0.4, 0.5) is 0 Å². The largest absolute Gasteiger partial charge is 0.373 e. The Morgan fingerprint density at radius 2 is 2.32 bits per heavy atom. The fourth-order valence-electron chi connectivity index (χ4n) is 2.22. The molecule has 2 rings (SSSR count). The van der Waals surface area contributed by atoms with Crippen LogP contribution in [0.2, 0.25) is 0 Å². The highest BCUT2D eigenvalue weighted by Gasteiger charge is 2.30. The van der Waals surface area contributed by atoms with E-state index in [-0.39, 0.29) is 18.1 Å². The maximum absolute atomic E-state index is 12.6. The molecule has 1 heterocycles. The highest BCUT2D eigenvalue weighted by molar-refractivity contribution is 9.10. The van der Waals surface area contributed by atoms with Crippen LogP contribution in [0.25, 0.3) is 0 Å². The molecule has 1 amide bonds. The second-order valence-electron chi connectivity index (χ2n) is 4.88. The van der Waals surface area contributed by atoms with Crippen LogP contribution in [-0.2, 0) is 4.74 Å². The van der Waals surface area contributed by atoms with Gasteiger partial charge in [0, 0.05) is 16.6 Å². The van der Waals surface area contributed by atoms with Gasteiger partial charge in [0.2, 0.25) is 0 Å². The summed E-state index contributed by atoms with van der Waals surface area (Å²) in [5.41, 5.74) is 1.71. The first-order valence-corrected chi connectivity index (χ1v) is 7.60. The lowest BCUT2D eigenvalue weighted by atomic mass is 10.1. The molecule has 3 nitrogen and oxygen atoms in total. The number of hydrogen-bond donors (Lipinski definition) is 0. The summed E-state index contributed by atoms with van der Waals surface area (Å²) < 4.78 is 6.55. The van der Waals surface area contributed by atoms with Gasteiger partial charge < -0.3 is 9.64 Å². The van der Waals surface area contributed by atoms with E-state index >= 15 is 0 Å². The summed E-state index contributed by atoms with van der Waals surface area (Å²) >= 11 is 9.24. The van der Waals surface area contributed by atoms with Crippen LogP contribution in [0.15, 0.2) is 22.7 Å². The molecule has 1 aromatic rings. The number of halogens is 2. The third-order valence-electron chi connectivity index (χ3n) is 3.36. The first-order chi connectivity index (χ1) is 9.02. The molecule has 19 heavy (non-hydrogen) atoms. The summed E-state index contributed by atoms with van der Waals surface area (Å²) in [6, 6.07) is 5.79. The van der Waals surface area contributed by atoms with E-state index in [2.05, 4.69) is 15.9 Å². The van der Waals surface area contributed by atoms with E-state index in [1.54, 1.807) is 0 Å². The molecule has 1 aliphatic rings. The van der Waals surface area contributed by atoms with E-state index in [9.17, 15) is 4.79 Å². The molecule has 0 saturated carbocycles. The van der Waals surface area contributed by atoms with Crippen molar-refractivity contribution in [2.45, 2.75) is 26.0 Å². The quantitative estimate of drug-likeness (QED) is 0.770. The zero-order valence-corrected chi connectivity index (χ0v) is 13.4. The van der Waals surface area contributed by atoms with Crippen LogP contribution in [0.3, 0.4) is 0 Å². The van der Waals surface area contributed by atoms with E-state index in [1.807, 2.05) is 36.9 Å². The van der Waals surface area contributed by atoms with E-state index in [0.717, 1.165) is 15.6 Å². The highest BCUT2D eigenvalue weighted by Crippen LogP contribution is 2.21. The van der Waals surface area contributed by atoms with Gasteiger partial charge in [-0.25, -0.2) is 0 Å².